The molecule has 3 N–H and O–H groups in total. The molecule has 0 bridgehead atoms. The number of nitrogens with two attached hydrogens (primary N) is 1. The average Bonchev–Trinajstić information content (AvgIpc) is 2.30. The summed E-state index contributed by atoms with van der Waals surface area (Å²) in [5.74, 6) is 0.908. The molecule has 1 rings (SSSR count). The molecule has 0 spiro atoms. The molecule has 5 nitrogen and oxygen atoms in total. The van der Waals surface area contributed by atoms with Gasteiger partial charge >= 0.3 is 0 Å². The van der Waals surface area contributed by atoms with Crippen molar-refractivity contribution in [3.63, 3.8) is 0 Å². The van der Waals surface area contributed by atoms with Crippen LogP contribution >= 0.6 is 0 Å². The second-order valence-corrected chi connectivity index (χ2v) is 5.02. The molecule has 0 heterocycles. The van der Waals surface area contributed by atoms with E-state index in [-0.39, 0.29) is 18.2 Å². The van der Waals surface area contributed by atoms with Gasteiger partial charge in [0.1, 0.15) is 11.5 Å². The fourth-order valence-corrected chi connectivity index (χ4v) is 1.98. The summed E-state index contributed by atoms with van der Waals surface area (Å²) >= 11 is 0. The summed E-state index contributed by atoms with van der Waals surface area (Å²) in [5.41, 5.74) is 5.97. The van der Waals surface area contributed by atoms with Crippen molar-refractivity contribution >= 4 is 5.91 Å². The smallest absolute Gasteiger partial charge is 0.231 e. The van der Waals surface area contributed by atoms with Gasteiger partial charge < -0.3 is 15.6 Å². The molecule has 0 aromatic heterocycles. The van der Waals surface area contributed by atoms with Crippen LogP contribution in [0.3, 0.4) is 0 Å². The van der Waals surface area contributed by atoms with Crippen LogP contribution in [0, 0.1) is 5.92 Å². The van der Waals surface area contributed by atoms with E-state index in [2.05, 4.69) is 13.8 Å². The van der Waals surface area contributed by atoms with Crippen LogP contribution in [0.1, 0.15) is 19.4 Å². The molecule has 1 aromatic rings. The highest BCUT2D eigenvalue weighted by molar-refractivity contribution is 5.75. The first-order chi connectivity index (χ1) is 8.92. The Morgan fingerprint density at radius 2 is 2.16 bits per heavy atom. The zero-order valence-corrected chi connectivity index (χ0v) is 11.7. The van der Waals surface area contributed by atoms with Crippen molar-refractivity contribution in [1.82, 2.24) is 4.90 Å². The summed E-state index contributed by atoms with van der Waals surface area (Å²) in [6.07, 6.45) is 0. The molecule has 106 valence electrons. The van der Waals surface area contributed by atoms with Gasteiger partial charge in [-0.3, -0.25) is 9.69 Å². The van der Waals surface area contributed by atoms with Gasteiger partial charge in [-0.05, 0) is 24.1 Å². The van der Waals surface area contributed by atoms with E-state index in [1.807, 2.05) is 4.90 Å². The maximum Gasteiger partial charge on any atom is 0.231 e. The van der Waals surface area contributed by atoms with Crippen LogP contribution in [0.15, 0.2) is 18.2 Å². The molecule has 0 saturated carbocycles. The van der Waals surface area contributed by atoms with Gasteiger partial charge in [0.2, 0.25) is 5.91 Å². The Labute approximate surface area is 114 Å². The molecule has 1 amide bonds. The minimum atomic E-state index is -0.372. The number of benzene rings is 1. The number of nitrogens with zero attached hydrogens (tertiary/aromatic N) is 1. The third kappa shape index (κ3) is 5.18. The van der Waals surface area contributed by atoms with Gasteiger partial charge in [0.15, 0.2) is 0 Å². The Morgan fingerprint density at radius 1 is 1.47 bits per heavy atom. The molecular weight excluding hydrogens is 244 g/mol. The fourth-order valence-electron chi connectivity index (χ4n) is 1.98. The summed E-state index contributed by atoms with van der Waals surface area (Å²) in [6.45, 7) is 5.51. The molecule has 5 heteroatoms. The highest BCUT2D eigenvalue weighted by atomic mass is 16.5. The van der Waals surface area contributed by atoms with E-state index in [4.69, 9.17) is 10.5 Å². The van der Waals surface area contributed by atoms with E-state index in [1.54, 1.807) is 25.3 Å². The third-order valence-electron chi connectivity index (χ3n) is 2.68. The lowest BCUT2D eigenvalue weighted by molar-refractivity contribution is -0.119. The molecule has 1 aromatic carbocycles. The number of rotatable bonds is 7. The van der Waals surface area contributed by atoms with Gasteiger partial charge in [0.25, 0.3) is 0 Å². The Hall–Kier alpha value is -1.75. The van der Waals surface area contributed by atoms with Gasteiger partial charge in [-0.2, -0.15) is 0 Å². The number of ether oxygens (including phenoxy) is 1. The number of aromatic hydroxyl groups is 1. The standard InChI is InChI=1S/C14H22N2O3/c1-10(2)7-16(9-14(15)18)8-11-6-12(19-3)4-5-13(11)17/h4-6,10,17H,7-9H2,1-3H3,(H2,15,18). The van der Waals surface area contributed by atoms with Crippen molar-refractivity contribution in [3.05, 3.63) is 23.8 Å². The van der Waals surface area contributed by atoms with E-state index >= 15 is 0 Å². The van der Waals surface area contributed by atoms with Crippen molar-refractivity contribution in [2.24, 2.45) is 11.7 Å². The molecule has 0 aliphatic rings. The van der Waals surface area contributed by atoms with Crippen LogP contribution < -0.4 is 10.5 Å². The summed E-state index contributed by atoms with van der Waals surface area (Å²) in [7, 11) is 1.57. The third-order valence-corrected chi connectivity index (χ3v) is 2.68. The summed E-state index contributed by atoms with van der Waals surface area (Å²) < 4.78 is 5.13. The van der Waals surface area contributed by atoms with Crippen molar-refractivity contribution in [1.29, 1.82) is 0 Å². The Balaban J connectivity index is 2.85. The van der Waals surface area contributed by atoms with E-state index in [0.29, 0.717) is 18.2 Å². The Kier molecular flexibility index (Phi) is 5.63. The zero-order valence-electron chi connectivity index (χ0n) is 11.7. The van der Waals surface area contributed by atoms with Crippen LogP contribution in [0.4, 0.5) is 0 Å². The molecule has 0 radical (unpaired) electrons. The van der Waals surface area contributed by atoms with E-state index in [1.165, 1.54) is 0 Å². The number of carbonyl (C=O) groups is 1. The second-order valence-electron chi connectivity index (χ2n) is 5.02. The molecule has 19 heavy (non-hydrogen) atoms. The fraction of sp³-hybridized carbons (Fsp3) is 0.500. The first kappa shape index (κ1) is 15.3. The van der Waals surface area contributed by atoms with E-state index < -0.39 is 0 Å². The number of primary amides is 1. The molecule has 0 fully saturated rings. The predicted molar refractivity (Wildman–Crippen MR) is 74.0 cm³/mol. The van der Waals surface area contributed by atoms with Crippen molar-refractivity contribution in [3.8, 4) is 11.5 Å². The second kappa shape index (κ2) is 6.99. The predicted octanol–water partition coefficient (Wildman–Crippen LogP) is 1.34. The molecule has 0 atom stereocenters. The highest BCUT2D eigenvalue weighted by Gasteiger charge is 2.13. The maximum absolute atomic E-state index is 11.1. The van der Waals surface area contributed by atoms with Gasteiger partial charge in [-0.15, -0.1) is 0 Å². The van der Waals surface area contributed by atoms with Gasteiger partial charge in [0.05, 0.1) is 13.7 Å². The largest absolute Gasteiger partial charge is 0.508 e. The normalized spacial score (nSPS) is 11.0. The Morgan fingerprint density at radius 3 is 2.68 bits per heavy atom. The lowest BCUT2D eigenvalue weighted by atomic mass is 10.1. The first-order valence-electron chi connectivity index (χ1n) is 6.29. The molecule has 0 aliphatic heterocycles. The summed E-state index contributed by atoms with van der Waals surface area (Å²) in [4.78, 5) is 13.0. The van der Waals surface area contributed by atoms with Crippen molar-refractivity contribution in [2.45, 2.75) is 20.4 Å². The Bertz CT molecular complexity index is 433. The van der Waals surface area contributed by atoms with Crippen molar-refractivity contribution in [2.75, 3.05) is 20.2 Å². The minimum absolute atomic E-state index is 0.175. The van der Waals surface area contributed by atoms with Crippen LogP contribution in [0.2, 0.25) is 0 Å². The maximum atomic E-state index is 11.1. The van der Waals surface area contributed by atoms with Crippen molar-refractivity contribution < 1.29 is 14.6 Å². The monoisotopic (exact) mass is 266 g/mol. The number of methoxy groups -OCH3 is 1. The van der Waals surface area contributed by atoms with Gasteiger partial charge in [-0.25, -0.2) is 0 Å². The molecule has 0 unspecified atom stereocenters. The summed E-state index contributed by atoms with van der Waals surface area (Å²) in [5, 5.41) is 9.85. The lowest BCUT2D eigenvalue weighted by Crippen LogP contribution is -2.35. The molecule has 0 aliphatic carbocycles. The van der Waals surface area contributed by atoms with E-state index in [9.17, 15) is 9.90 Å². The van der Waals surface area contributed by atoms with Crippen LogP contribution in [-0.4, -0.2) is 36.1 Å². The number of phenols is 1. The average molecular weight is 266 g/mol. The number of hydrogen-bond acceptors (Lipinski definition) is 4. The van der Waals surface area contributed by atoms with Crippen LogP contribution in [-0.2, 0) is 11.3 Å². The van der Waals surface area contributed by atoms with Crippen LogP contribution in [0.25, 0.3) is 0 Å². The minimum Gasteiger partial charge on any atom is -0.508 e. The number of carbonyl (C=O) groups excluding carboxylic acids is 1. The quantitative estimate of drug-likeness (QED) is 0.781. The topological polar surface area (TPSA) is 75.8 Å². The molecule has 0 saturated heterocycles. The molecular formula is C14H22N2O3. The van der Waals surface area contributed by atoms with Crippen LogP contribution in [0.5, 0.6) is 11.5 Å². The summed E-state index contributed by atoms with van der Waals surface area (Å²) in [6, 6.07) is 5.05. The van der Waals surface area contributed by atoms with E-state index in [0.717, 1.165) is 12.1 Å². The highest BCUT2D eigenvalue weighted by Crippen LogP contribution is 2.24. The van der Waals surface area contributed by atoms with Gasteiger partial charge in [0, 0.05) is 18.7 Å². The number of hydrogen-bond donors (Lipinski definition) is 2. The van der Waals surface area contributed by atoms with Gasteiger partial charge in [-0.1, -0.05) is 13.8 Å². The number of phenolic OH excluding ortho intramolecular Hbond substituents is 1. The zero-order chi connectivity index (χ0) is 14.4. The lowest BCUT2D eigenvalue weighted by Gasteiger charge is -2.23. The SMILES string of the molecule is COc1ccc(O)c(CN(CC(N)=O)CC(C)C)c1. The first-order valence-corrected chi connectivity index (χ1v) is 6.29. The number of amides is 1.